The molecule has 10 heteroatoms. The third-order valence-electron chi connectivity index (χ3n) is 3.09. The van der Waals surface area contributed by atoms with Crippen LogP contribution in [0.5, 0.6) is 0 Å². The molecule has 0 fully saturated rings. The van der Waals surface area contributed by atoms with Crippen LogP contribution in [0.15, 0.2) is 42.7 Å². The van der Waals surface area contributed by atoms with Crippen LogP contribution in [-0.4, -0.2) is 15.0 Å². The first-order valence-electron chi connectivity index (χ1n) is 6.25. The summed E-state index contributed by atoms with van der Waals surface area (Å²) in [5, 5.41) is -2.53. The summed E-state index contributed by atoms with van der Waals surface area (Å²) in [5.41, 5.74) is 0.873. The molecule has 22 heavy (non-hydrogen) atoms. The van der Waals surface area contributed by atoms with E-state index in [1.54, 1.807) is 0 Å². The summed E-state index contributed by atoms with van der Waals surface area (Å²) in [7, 11) is -11.2. The molecule has 1 aromatic carbocycles. The van der Waals surface area contributed by atoms with Crippen LogP contribution < -0.4 is 19.6 Å². The first-order valence-corrected chi connectivity index (χ1v) is 9.47. The van der Waals surface area contributed by atoms with Gasteiger partial charge in [-0.2, -0.15) is 0 Å². The maximum atomic E-state index is 11.0. The molecule has 0 saturated carbocycles. The van der Waals surface area contributed by atoms with Gasteiger partial charge in [-0.25, -0.2) is 4.98 Å². The first-order chi connectivity index (χ1) is 10.2. The Morgan fingerprint density at radius 3 is 2.18 bits per heavy atom. The molecule has 0 N–H and O–H groups in total. The van der Waals surface area contributed by atoms with Crippen molar-refractivity contribution in [3.8, 4) is 0 Å². The van der Waals surface area contributed by atoms with Crippen molar-refractivity contribution in [2.45, 2.75) is 18.4 Å². The molecular formula is C12H12N2O6P2-4. The summed E-state index contributed by atoms with van der Waals surface area (Å²) in [6.07, 6.45) is 2.10. The fourth-order valence-corrected chi connectivity index (χ4v) is 4.17. The Hall–Kier alpha value is -1.27. The average molecular weight is 342 g/mol. The van der Waals surface area contributed by atoms with Crippen LogP contribution in [0.25, 0.3) is 0 Å². The summed E-state index contributed by atoms with van der Waals surface area (Å²) >= 11 is 0. The van der Waals surface area contributed by atoms with E-state index in [9.17, 15) is 28.7 Å². The molecule has 8 nitrogen and oxygen atoms in total. The highest BCUT2D eigenvalue weighted by Crippen LogP contribution is 2.51. The van der Waals surface area contributed by atoms with E-state index in [-0.39, 0.29) is 5.82 Å². The minimum atomic E-state index is -5.58. The quantitative estimate of drug-likeness (QED) is 0.589. The number of hydrogen-bond donors (Lipinski definition) is 0. The summed E-state index contributed by atoms with van der Waals surface area (Å²) in [6.45, 7) is 0.312. The van der Waals surface area contributed by atoms with Gasteiger partial charge in [0, 0.05) is 30.8 Å². The number of aromatic nitrogens is 2. The van der Waals surface area contributed by atoms with E-state index in [4.69, 9.17) is 0 Å². The Labute approximate surface area is 126 Å². The van der Waals surface area contributed by atoms with Gasteiger partial charge in [0.2, 0.25) is 0 Å². The van der Waals surface area contributed by atoms with Crippen LogP contribution in [0, 0.1) is 0 Å². The molecule has 0 unspecified atom stereocenters. The van der Waals surface area contributed by atoms with Crippen LogP contribution in [0.3, 0.4) is 0 Å². The van der Waals surface area contributed by atoms with Gasteiger partial charge in [-0.1, -0.05) is 45.5 Å². The van der Waals surface area contributed by atoms with Crippen molar-refractivity contribution in [2.75, 3.05) is 0 Å². The molecule has 0 radical (unpaired) electrons. The van der Waals surface area contributed by atoms with E-state index in [1.165, 1.54) is 17.0 Å². The summed E-state index contributed by atoms with van der Waals surface area (Å²) < 4.78 is 23.6. The van der Waals surface area contributed by atoms with Gasteiger partial charge in [0.15, 0.2) is 0 Å². The number of hydrogen-bond acceptors (Lipinski definition) is 7. The summed E-state index contributed by atoms with van der Waals surface area (Å²) in [5.74, 6) is 0.0488. The second-order valence-electron chi connectivity index (χ2n) is 4.72. The summed E-state index contributed by atoms with van der Waals surface area (Å²) in [4.78, 5) is 48.0. The molecule has 0 spiro atoms. The number of imidazole rings is 1. The van der Waals surface area contributed by atoms with Crippen LogP contribution in [0.4, 0.5) is 0 Å². The number of rotatable bonds is 6. The van der Waals surface area contributed by atoms with Gasteiger partial charge in [0.05, 0.1) is 0 Å². The normalized spacial score (nSPS) is 12.8. The van der Waals surface area contributed by atoms with Gasteiger partial charge in [-0.15, -0.1) is 0 Å². The van der Waals surface area contributed by atoms with Crippen LogP contribution in [-0.2, 0) is 22.1 Å². The predicted octanol–water partition coefficient (Wildman–Crippen LogP) is -1.37. The van der Waals surface area contributed by atoms with E-state index in [2.05, 4.69) is 4.98 Å². The Kier molecular flexibility index (Phi) is 5.02. The zero-order valence-electron chi connectivity index (χ0n) is 11.3. The lowest BCUT2D eigenvalue weighted by molar-refractivity contribution is -0.329. The molecule has 0 atom stereocenters. The van der Waals surface area contributed by atoms with Crippen LogP contribution in [0.1, 0.15) is 11.4 Å². The molecule has 0 saturated heterocycles. The van der Waals surface area contributed by atoms with E-state index in [0.717, 1.165) is 5.56 Å². The minimum absolute atomic E-state index is 0.0488. The highest BCUT2D eigenvalue weighted by atomic mass is 31.2. The van der Waals surface area contributed by atoms with E-state index in [1.807, 2.05) is 30.3 Å². The topological polar surface area (TPSA) is 144 Å². The zero-order chi connectivity index (χ0) is 16.4. The third kappa shape index (κ3) is 4.36. The Morgan fingerprint density at radius 1 is 1.05 bits per heavy atom. The number of nitrogens with zero attached hydrogens (tertiary/aromatic N) is 2. The molecule has 0 aliphatic heterocycles. The molecule has 2 rings (SSSR count). The fraction of sp³-hybridized carbons (Fsp3) is 0.250. The van der Waals surface area contributed by atoms with Gasteiger partial charge in [-0.05, 0) is 5.56 Å². The zero-order valence-corrected chi connectivity index (χ0v) is 13.1. The van der Waals surface area contributed by atoms with Gasteiger partial charge in [0.1, 0.15) is 5.82 Å². The smallest absolute Gasteiger partial charge is 0.109 e. The average Bonchev–Trinajstić information content (AvgIpc) is 2.82. The van der Waals surface area contributed by atoms with E-state index < -0.39 is 27.0 Å². The number of benzene rings is 1. The second-order valence-corrected chi connectivity index (χ2v) is 8.53. The van der Waals surface area contributed by atoms with Gasteiger partial charge >= 0.3 is 0 Å². The first kappa shape index (κ1) is 17.1. The molecule has 120 valence electrons. The lowest BCUT2D eigenvalue weighted by Crippen LogP contribution is -2.36. The van der Waals surface area contributed by atoms with E-state index >= 15 is 0 Å². The highest BCUT2D eigenvalue weighted by Gasteiger charge is 2.20. The van der Waals surface area contributed by atoms with Crippen molar-refractivity contribution >= 4 is 15.2 Å². The van der Waals surface area contributed by atoms with E-state index in [0.29, 0.717) is 6.54 Å². The third-order valence-corrected chi connectivity index (χ3v) is 6.61. The van der Waals surface area contributed by atoms with Crippen LogP contribution in [0.2, 0.25) is 0 Å². The molecule has 2 aromatic rings. The molecular weight excluding hydrogens is 330 g/mol. The second kappa shape index (κ2) is 6.46. The van der Waals surface area contributed by atoms with Crippen LogP contribution >= 0.6 is 15.2 Å². The highest BCUT2D eigenvalue weighted by molar-refractivity contribution is 7.68. The molecule has 0 bridgehead atoms. The fourth-order valence-electron chi connectivity index (χ4n) is 2.01. The summed E-state index contributed by atoms with van der Waals surface area (Å²) in [6, 6.07) is 9.08. The lowest BCUT2D eigenvalue weighted by Gasteiger charge is -2.49. The van der Waals surface area contributed by atoms with Gasteiger partial charge in [-0.3, -0.25) is 0 Å². The van der Waals surface area contributed by atoms with Crippen molar-refractivity contribution in [3.63, 3.8) is 0 Å². The van der Waals surface area contributed by atoms with Gasteiger partial charge in [0.25, 0.3) is 0 Å². The molecule has 1 heterocycles. The van der Waals surface area contributed by atoms with Crippen molar-refractivity contribution in [3.05, 3.63) is 54.1 Å². The Morgan fingerprint density at radius 2 is 1.64 bits per heavy atom. The van der Waals surface area contributed by atoms with Gasteiger partial charge < -0.3 is 33.3 Å². The Bertz CT molecular complexity index is 698. The van der Waals surface area contributed by atoms with Crippen molar-refractivity contribution < 1.29 is 28.7 Å². The predicted molar refractivity (Wildman–Crippen MR) is 70.5 cm³/mol. The molecule has 1 aromatic heterocycles. The molecule has 0 aliphatic rings. The minimum Gasteiger partial charge on any atom is -0.810 e. The molecule has 0 amide bonds. The Balaban J connectivity index is 2.25. The van der Waals surface area contributed by atoms with Crippen molar-refractivity contribution in [1.29, 1.82) is 0 Å². The van der Waals surface area contributed by atoms with Crippen molar-refractivity contribution in [2.24, 2.45) is 0 Å². The maximum absolute atomic E-state index is 11.0. The SMILES string of the molecule is O=P([O-])([O-])C(Cc1nccn1Cc1ccccc1)P(=O)([O-])[O-]. The maximum Gasteiger partial charge on any atom is 0.109 e. The van der Waals surface area contributed by atoms with Crippen molar-refractivity contribution in [1.82, 2.24) is 9.55 Å². The monoisotopic (exact) mass is 342 g/mol. The standard InChI is InChI=1S/C12H16N2O6P2/c15-21(16,17)12(22(18,19)20)8-11-13-6-7-14(11)9-10-4-2-1-3-5-10/h1-7,12H,8-9H2,(H2,15,16,17)(H2,18,19,20)/p-4. The largest absolute Gasteiger partial charge is 0.810 e. The lowest BCUT2D eigenvalue weighted by atomic mass is 10.2. The molecule has 0 aliphatic carbocycles.